The van der Waals surface area contributed by atoms with E-state index in [9.17, 15) is 0 Å². The highest BCUT2D eigenvalue weighted by Gasteiger charge is 2.11. The molecule has 0 aliphatic heterocycles. The van der Waals surface area contributed by atoms with Crippen LogP contribution in [0.4, 0.5) is 0 Å². The first-order chi connectivity index (χ1) is 11.1. The van der Waals surface area contributed by atoms with E-state index in [2.05, 4.69) is 59.3 Å². The van der Waals surface area contributed by atoms with Crippen molar-refractivity contribution < 1.29 is 0 Å². The molecule has 23 heavy (non-hydrogen) atoms. The van der Waals surface area contributed by atoms with Crippen LogP contribution in [0.1, 0.15) is 25.0 Å². The van der Waals surface area contributed by atoms with Gasteiger partial charge in [0, 0.05) is 50.0 Å². The molecule has 0 unspecified atom stereocenters. The average molecular weight is 308 g/mol. The summed E-state index contributed by atoms with van der Waals surface area (Å²) in [6.45, 7) is 7.40. The van der Waals surface area contributed by atoms with Gasteiger partial charge < -0.3 is 0 Å². The standard InChI is InChI=1S/C19H24N4/c1-15(2)11-23(14-17-10-21-22(3)12-17)13-16-8-18-6-4-5-7-19(18)20-9-16/h4-10,12,15H,11,13-14H2,1-3H3. The number of nitrogens with zero attached hydrogens (tertiary/aromatic N) is 4. The summed E-state index contributed by atoms with van der Waals surface area (Å²) in [5, 5.41) is 5.48. The second-order valence-electron chi connectivity index (χ2n) is 6.62. The van der Waals surface area contributed by atoms with Crippen LogP contribution in [0.5, 0.6) is 0 Å². The number of benzene rings is 1. The zero-order chi connectivity index (χ0) is 16.2. The largest absolute Gasteiger partial charge is 0.294 e. The number of pyridine rings is 1. The average Bonchev–Trinajstić information content (AvgIpc) is 2.91. The van der Waals surface area contributed by atoms with E-state index in [1.54, 1.807) is 0 Å². The lowest BCUT2D eigenvalue weighted by molar-refractivity contribution is 0.227. The summed E-state index contributed by atoms with van der Waals surface area (Å²) in [4.78, 5) is 7.05. The van der Waals surface area contributed by atoms with E-state index in [-0.39, 0.29) is 0 Å². The third kappa shape index (κ3) is 4.17. The van der Waals surface area contributed by atoms with E-state index in [1.165, 1.54) is 16.5 Å². The van der Waals surface area contributed by atoms with Gasteiger partial charge in [0.05, 0.1) is 11.7 Å². The van der Waals surface area contributed by atoms with Gasteiger partial charge in [-0.15, -0.1) is 0 Å². The van der Waals surface area contributed by atoms with Gasteiger partial charge in [0.15, 0.2) is 0 Å². The highest BCUT2D eigenvalue weighted by atomic mass is 15.2. The molecule has 0 aliphatic carbocycles. The maximum Gasteiger partial charge on any atom is 0.0702 e. The minimum Gasteiger partial charge on any atom is -0.294 e. The Kier molecular flexibility index (Phi) is 4.72. The minimum absolute atomic E-state index is 0.625. The zero-order valence-electron chi connectivity index (χ0n) is 14.1. The normalized spacial score (nSPS) is 11.7. The molecular formula is C19H24N4. The first kappa shape index (κ1) is 15.7. The number of aryl methyl sites for hydroxylation is 1. The van der Waals surface area contributed by atoms with Crippen molar-refractivity contribution in [1.82, 2.24) is 19.7 Å². The number of para-hydroxylation sites is 1. The molecule has 0 bridgehead atoms. The molecule has 0 aliphatic rings. The Hall–Kier alpha value is -2.20. The summed E-state index contributed by atoms with van der Waals surface area (Å²) >= 11 is 0. The van der Waals surface area contributed by atoms with Crippen LogP contribution in [-0.4, -0.2) is 26.2 Å². The minimum atomic E-state index is 0.625. The topological polar surface area (TPSA) is 34.0 Å². The molecule has 0 fully saturated rings. The van der Waals surface area contributed by atoms with Crippen molar-refractivity contribution in [3.05, 3.63) is 60.0 Å². The number of aromatic nitrogens is 3. The fraction of sp³-hybridized carbons (Fsp3) is 0.368. The number of hydrogen-bond donors (Lipinski definition) is 0. The summed E-state index contributed by atoms with van der Waals surface area (Å²) in [5.74, 6) is 0.625. The van der Waals surface area contributed by atoms with Crippen molar-refractivity contribution in [1.29, 1.82) is 0 Å². The fourth-order valence-electron chi connectivity index (χ4n) is 2.97. The van der Waals surface area contributed by atoms with Gasteiger partial charge in [0.1, 0.15) is 0 Å². The van der Waals surface area contributed by atoms with Crippen molar-refractivity contribution >= 4 is 10.9 Å². The highest BCUT2D eigenvalue weighted by molar-refractivity contribution is 5.78. The molecule has 2 aromatic heterocycles. The van der Waals surface area contributed by atoms with Gasteiger partial charge in [-0.05, 0) is 23.6 Å². The zero-order valence-corrected chi connectivity index (χ0v) is 14.1. The van der Waals surface area contributed by atoms with Gasteiger partial charge in [0.25, 0.3) is 0 Å². The third-order valence-corrected chi connectivity index (χ3v) is 3.84. The van der Waals surface area contributed by atoms with Crippen molar-refractivity contribution in [2.75, 3.05) is 6.54 Å². The molecule has 0 N–H and O–H groups in total. The maximum absolute atomic E-state index is 4.58. The SMILES string of the molecule is CC(C)CN(Cc1cnc2ccccc2c1)Cc1cnn(C)c1. The Morgan fingerprint density at radius 2 is 1.87 bits per heavy atom. The molecule has 2 heterocycles. The van der Waals surface area contributed by atoms with Crippen LogP contribution >= 0.6 is 0 Å². The monoisotopic (exact) mass is 308 g/mol. The lowest BCUT2D eigenvalue weighted by Gasteiger charge is -2.23. The van der Waals surface area contributed by atoms with E-state index >= 15 is 0 Å². The van der Waals surface area contributed by atoms with Crippen LogP contribution in [0.15, 0.2) is 48.9 Å². The Bertz CT molecular complexity index is 776. The number of rotatable bonds is 6. The van der Waals surface area contributed by atoms with Crippen LogP contribution in [0.25, 0.3) is 10.9 Å². The van der Waals surface area contributed by atoms with Crippen LogP contribution in [0.3, 0.4) is 0 Å². The Morgan fingerprint density at radius 1 is 1.09 bits per heavy atom. The van der Waals surface area contributed by atoms with Crippen LogP contribution in [0.2, 0.25) is 0 Å². The maximum atomic E-state index is 4.58. The van der Waals surface area contributed by atoms with Gasteiger partial charge in [-0.25, -0.2) is 0 Å². The molecule has 0 amide bonds. The van der Waals surface area contributed by atoms with Gasteiger partial charge >= 0.3 is 0 Å². The molecule has 0 radical (unpaired) electrons. The Morgan fingerprint density at radius 3 is 2.61 bits per heavy atom. The van der Waals surface area contributed by atoms with E-state index in [1.807, 2.05) is 30.2 Å². The van der Waals surface area contributed by atoms with E-state index < -0.39 is 0 Å². The predicted octanol–water partition coefficient (Wildman–Crippen LogP) is 3.63. The molecule has 0 spiro atoms. The van der Waals surface area contributed by atoms with Crippen LogP contribution in [0, 0.1) is 5.92 Å². The Labute approximate surface area is 137 Å². The molecule has 3 aromatic rings. The Balaban J connectivity index is 1.78. The predicted molar refractivity (Wildman–Crippen MR) is 93.9 cm³/mol. The molecule has 4 nitrogen and oxygen atoms in total. The third-order valence-electron chi connectivity index (χ3n) is 3.84. The smallest absolute Gasteiger partial charge is 0.0702 e. The molecule has 0 saturated heterocycles. The van der Waals surface area contributed by atoms with Crippen molar-refractivity contribution in [3.63, 3.8) is 0 Å². The molecule has 120 valence electrons. The lowest BCUT2D eigenvalue weighted by atomic mass is 10.1. The highest BCUT2D eigenvalue weighted by Crippen LogP contribution is 2.16. The number of hydrogen-bond acceptors (Lipinski definition) is 3. The van der Waals surface area contributed by atoms with Crippen LogP contribution in [-0.2, 0) is 20.1 Å². The molecule has 0 atom stereocenters. The van der Waals surface area contributed by atoms with Crippen molar-refractivity contribution in [2.45, 2.75) is 26.9 Å². The first-order valence-corrected chi connectivity index (χ1v) is 8.13. The summed E-state index contributed by atoms with van der Waals surface area (Å²) < 4.78 is 1.86. The van der Waals surface area contributed by atoms with E-state index in [4.69, 9.17) is 0 Å². The van der Waals surface area contributed by atoms with E-state index in [0.717, 1.165) is 25.2 Å². The van der Waals surface area contributed by atoms with Crippen molar-refractivity contribution in [2.24, 2.45) is 13.0 Å². The molecule has 1 aromatic carbocycles. The number of fused-ring (bicyclic) bond motifs is 1. The quantitative estimate of drug-likeness (QED) is 0.697. The summed E-state index contributed by atoms with van der Waals surface area (Å²) in [7, 11) is 1.96. The molecule has 4 heteroatoms. The van der Waals surface area contributed by atoms with Gasteiger partial charge in [0.2, 0.25) is 0 Å². The second kappa shape index (κ2) is 6.92. The summed E-state index contributed by atoms with van der Waals surface area (Å²) in [6, 6.07) is 10.5. The van der Waals surface area contributed by atoms with Gasteiger partial charge in [-0.2, -0.15) is 5.10 Å². The summed E-state index contributed by atoms with van der Waals surface area (Å²) in [5.41, 5.74) is 3.56. The first-order valence-electron chi connectivity index (χ1n) is 8.13. The fourth-order valence-corrected chi connectivity index (χ4v) is 2.97. The van der Waals surface area contributed by atoms with Gasteiger partial charge in [-0.3, -0.25) is 14.6 Å². The summed E-state index contributed by atoms with van der Waals surface area (Å²) in [6.07, 6.45) is 6.04. The molecule has 0 saturated carbocycles. The lowest BCUT2D eigenvalue weighted by Crippen LogP contribution is -2.27. The molecular weight excluding hydrogens is 284 g/mol. The van der Waals surface area contributed by atoms with Gasteiger partial charge in [-0.1, -0.05) is 32.0 Å². The molecule has 3 rings (SSSR count). The van der Waals surface area contributed by atoms with Crippen molar-refractivity contribution in [3.8, 4) is 0 Å². The van der Waals surface area contributed by atoms with E-state index in [0.29, 0.717) is 5.92 Å². The second-order valence-corrected chi connectivity index (χ2v) is 6.62. The van der Waals surface area contributed by atoms with Crippen LogP contribution < -0.4 is 0 Å².